The van der Waals surface area contributed by atoms with Gasteiger partial charge in [-0.3, -0.25) is 4.79 Å². The Morgan fingerprint density at radius 1 is 1.67 bits per heavy atom. The Morgan fingerprint density at radius 2 is 2.33 bits per heavy atom. The quantitative estimate of drug-likeness (QED) is 0.650. The molecule has 1 radical (unpaired) electrons. The fourth-order valence-corrected chi connectivity index (χ4v) is 0.855. The maximum Gasteiger partial charge on any atom is 0.269 e. The molecule has 0 amide bonds. The van der Waals surface area contributed by atoms with Crippen LogP contribution in [0.15, 0.2) is 4.79 Å². The Labute approximate surface area is 69.4 Å². The van der Waals surface area contributed by atoms with Crippen molar-refractivity contribution in [2.24, 2.45) is 0 Å². The maximum atomic E-state index is 11.1. The van der Waals surface area contributed by atoms with Crippen LogP contribution in [-0.4, -0.2) is 12.1 Å². The summed E-state index contributed by atoms with van der Waals surface area (Å²) in [7, 11) is 1.39. The maximum absolute atomic E-state index is 11.1. The van der Waals surface area contributed by atoms with E-state index in [1.807, 2.05) is 0 Å². The molecule has 1 aromatic rings. The van der Waals surface area contributed by atoms with Crippen LogP contribution in [0.1, 0.15) is 11.3 Å². The van der Waals surface area contributed by atoms with Crippen LogP contribution < -0.4 is 10.3 Å². The molecule has 1 rings (SSSR count). The van der Waals surface area contributed by atoms with Crippen LogP contribution >= 0.6 is 0 Å². The monoisotopic (exact) mass is 163 g/mol. The lowest BCUT2D eigenvalue weighted by molar-refractivity contribution is 0.411. The number of aromatic nitrogens is 1. The van der Waals surface area contributed by atoms with E-state index < -0.39 is 5.56 Å². The number of rotatable bonds is 1. The van der Waals surface area contributed by atoms with Gasteiger partial charge in [-0.2, -0.15) is 5.26 Å². The van der Waals surface area contributed by atoms with Gasteiger partial charge in [-0.1, -0.05) is 0 Å². The van der Waals surface area contributed by atoms with Gasteiger partial charge in [0.15, 0.2) is 11.3 Å². The van der Waals surface area contributed by atoms with Crippen molar-refractivity contribution in [1.82, 2.24) is 4.98 Å². The van der Waals surface area contributed by atoms with E-state index in [4.69, 9.17) is 10.00 Å². The van der Waals surface area contributed by atoms with E-state index in [-0.39, 0.29) is 11.3 Å². The van der Waals surface area contributed by atoms with Crippen LogP contribution in [-0.2, 0) is 0 Å². The fraction of sp³-hybridized carbons (Fsp3) is 0.250. The largest absolute Gasteiger partial charge is 0.494 e. The van der Waals surface area contributed by atoms with Crippen molar-refractivity contribution in [3.63, 3.8) is 0 Å². The first-order chi connectivity index (χ1) is 5.69. The van der Waals surface area contributed by atoms with E-state index in [9.17, 15) is 4.79 Å². The van der Waals surface area contributed by atoms with Crippen molar-refractivity contribution in [2.75, 3.05) is 7.11 Å². The van der Waals surface area contributed by atoms with E-state index >= 15 is 0 Å². The van der Waals surface area contributed by atoms with Crippen LogP contribution in [0.4, 0.5) is 0 Å². The normalized spacial score (nSPS) is 9.08. The Morgan fingerprint density at radius 3 is 2.83 bits per heavy atom. The molecule has 1 aromatic heterocycles. The van der Waals surface area contributed by atoms with Crippen molar-refractivity contribution >= 4 is 0 Å². The van der Waals surface area contributed by atoms with Crippen LogP contribution in [0.2, 0.25) is 0 Å². The average Bonchev–Trinajstić information content (AvgIpc) is 2.03. The molecule has 1 heterocycles. The van der Waals surface area contributed by atoms with Gasteiger partial charge in [-0.05, 0) is 6.92 Å². The van der Waals surface area contributed by atoms with Gasteiger partial charge >= 0.3 is 0 Å². The highest BCUT2D eigenvalue weighted by molar-refractivity contribution is 5.40. The second-order valence-corrected chi connectivity index (χ2v) is 2.22. The minimum Gasteiger partial charge on any atom is -0.494 e. The Kier molecular flexibility index (Phi) is 2.15. The van der Waals surface area contributed by atoms with Gasteiger partial charge < -0.3 is 9.72 Å². The molecule has 0 saturated carbocycles. The summed E-state index contributed by atoms with van der Waals surface area (Å²) in [6.45, 7) is 1.67. The fourth-order valence-electron chi connectivity index (χ4n) is 0.855. The van der Waals surface area contributed by atoms with Crippen molar-refractivity contribution in [2.45, 2.75) is 6.92 Å². The molecule has 0 unspecified atom stereocenters. The number of methoxy groups -OCH3 is 1. The molecule has 12 heavy (non-hydrogen) atoms. The lowest BCUT2D eigenvalue weighted by atomic mass is 10.2. The lowest BCUT2D eigenvalue weighted by Crippen LogP contribution is -2.12. The summed E-state index contributed by atoms with van der Waals surface area (Å²) >= 11 is 0. The smallest absolute Gasteiger partial charge is 0.269 e. The number of nitriles is 1. The topological polar surface area (TPSA) is 65.9 Å². The molecule has 0 aliphatic rings. The molecule has 4 nitrogen and oxygen atoms in total. The summed E-state index contributed by atoms with van der Waals surface area (Å²) < 4.78 is 4.80. The number of nitrogens with one attached hydrogen (secondary N) is 1. The number of hydrogen-bond donors (Lipinski definition) is 1. The second kappa shape index (κ2) is 3.09. The molecule has 1 N–H and O–H groups in total. The van der Waals surface area contributed by atoms with Crippen molar-refractivity contribution < 1.29 is 4.74 Å². The Bertz CT molecular complexity index is 387. The molecule has 0 bridgehead atoms. The van der Waals surface area contributed by atoms with Crippen LogP contribution in [0, 0.1) is 24.3 Å². The summed E-state index contributed by atoms with van der Waals surface area (Å²) in [6, 6.07) is 4.46. The van der Waals surface area contributed by atoms with Crippen LogP contribution in [0.3, 0.4) is 0 Å². The summed E-state index contributed by atoms with van der Waals surface area (Å²) in [6.07, 6.45) is 0. The predicted molar refractivity (Wildman–Crippen MR) is 41.9 cm³/mol. The molecule has 4 heteroatoms. The highest BCUT2D eigenvalue weighted by Gasteiger charge is 2.07. The van der Waals surface area contributed by atoms with Crippen molar-refractivity contribution in [1.29, 1.82) is 5.26 Å². The molecule has 0 aliphatic heterocycles. The third kappa shape index (κ3) is 1.30. The zero-order valence-corrected chi connectivity index (χ0v) is 6.76. The first-order valence-corrected chi connectivity index (χ1v) is 3.29. The van der Waals surface area contributed by atoms with E-state index in [2.05, 4.69) is 11.1 Å². The highest BCUT2D eigenvalue weighted by Crippen LogP contribution is 2.11. The van der Waals surface area contributed by atoms with Crippen LogP contribution in [0.25, 0.3) is 0 Å². The number of ether oxygens (including phenoxy) is 1. The van der Waals surface area contributed by atoms with Gasteiger partial charge in [0.05, 0.1) is 7.11 Å². The van der Waals surface area contributed by atoms with Crippen LogP contribution in [0.5, 0.6) is 5.75 Å². The van der Waals surface area contributed by atoms with Crippen molar-refractivity contribution in [3.8, 4) is 11.8 Å². The molecule has 0 aliphatic carbocycles. The lowest BCUT2D eigenvalue weighted by Gasteiger charge is -2.00. The number of aryl methyl sites for hydroxylation is 1. The standard InChI is InChI=1S/C8H7N2O2/c1-5-3-7(12-2)6(4-9)8(11)10-5/h1-2H3,(H,10,11). The van der Waals surface area contributed by atoms with Gasteiger partial charge in [0.1, 0.15) is 6.07 Å². The summed E-state index contributed by atoms with van der Waals surface area (Å²) in [5, 5.41) is 8.55. The van der Waals surface area contributed by atoms with Gasteiger partial charge in [-0.25, -0.2) is 0 Å². The Balaban J connectivity index is 3.47. The number of pyridine rings is 1. The van der Waals surface area contributed by atoms with Gasteiger partial charge in [0.2, 0.25) is 0 Å². The first-order valence-electron chi connectivity index (χ1n) is 3.29. The van der Waals surface area contributed by atoms with Crippen molar-refractivity contribution in [3.05, 3.63) is 27.7 Å². The van der Waals surface area contributed by atoms with Gasteiger partial charge in [-0.15, -0.1) is 0 Å². The first kappa shape index (κ1) is 8.34. The summed E-state index contributed by atoms with van der Waals surface area (Å²) in [5.74, 6) is 0.193. The highest BCUT2D eigenvalue weighted by atomic mass is 16.5. The molecule has 0 saturated heterocycles. The third-order valence-corrected chi connectivity index (χ3v) is 1.37. The molecular formula is C8H7N2O2. The van der Waals surface area contributed by atoms with E-state index in [1.54, 1.807) is 13.0 Å². The third-order valence-electron chi connectivity index (χ3n) is 1.37. The summed E-state index contributed by atoms with van der Waals surface area (Å²) in [5.41, 5.74) is 0.0737. The molecule has 0 fully saturated rings. The number of nitrogens with zero attached hydrogens (tertiary/aromatic N) is 1. The number of hydrogen-bond acceptors (Lipinski definition) is 3. The Hall–Kier alpha value is -1.76. The van der Waals surface area contributed by atoms with E-state index in [0.717, 1.165) is 0 Å². The second-order valence-electron chi connectivity index (χ2n) is 2.22. The van der Waals surface area contributed by atoms with E-state index in [1.165, 1.54) is 7.11 Å². The average molecular weight is 163 g/mol. The summed E-state index contributed by atoms with van der Waals surface area (Å²) in [4.78, 5) is 13.5. The zero-order valence-electron chi connectivity index (χ0n) is 6.76. The van der Waals surface area contributed by atoms with Gasteiger partial charge in [0, 0.05) is 11.8 Å². The predicted octanol–water partition coefficient (Wildman–Crippen LogP) is 0.364. The SMILES string of the molecule is COc1[c]c(C)[nH]c(=O)c1C#N. The minimum atomic E-state index is -0.439. The molecule has 61 valence electrons. The zero-order chi connectivity index (χ0) is 9.14. The molecule has 0 aromatic carbocycles. The minimum absolute atomic E-state index is 0.0388. The molecule has 0 spiro atoms. The molecular weight excluding hydrogens is 156 g/mol. The number of aromatic amines is 1. The number of H-pyrrole nitrogens is 1. The van der Waals surface area contributed by atoms with Gasteiger partial charge in [0.25, 0.3) is 5.56 Å². The molecule has 0 atom stereocenters. The van der Waals surface area contributed by atoms with E-state index in [0.29, 0.717) is 5.69 Å².